The minimum atomic E-state index is -0.441. The molecule has 1 saturated carbocycles. The lowest BCUT2D eigenvalue weighted by Crippen LogP contribution is -2.48. The normalized spacial score (nSPS) is 31.2. The summed E-state index contributed by atoms with van der Waals surface area (Å²) in [6, 6.07) is 0.345. The van der Waals surface area contributed by atoms with E-state index >= 15 is 0 Å². The van der Waals surface area contributed by atoms with Gasteiger partial charge in [-0.3, -0.25) is 4.79 Å². The van der Waals surface area contributed by atoms with Crippen molar-refractivity contribution >= 4 is 5.91 Å². The SMILES string of the molecule is CC1CC(C)CC(NC(=O)C(C)(C)CN)C1. The maximum absolute atomic E-state index is 12.0. The van der Waals surface area contributed by atoms with E-state index in [1.54, 1.807) is 0 Å². The zero-order valence-corrected chi connectivity index (χ0v) is 11.0. The van der Waals surface area contributed by atoms with E-state index in [9.17, 15) is 4.79 Å². The Morgan fingerprint density at radius 1 is 1.25 bits per heavy atom. The van der Waals surface area contributed by atoms with Crippen LogP contribution in [0.3, 0.4) is 0 Å². The average Bonchev–Trinajstić information content (AvgIpc) is 2.15. The average molecular weight is 226 g/mol. The van der Waals surface area contributed by atoms with Gasteiger partial charge in [0.05, 0.1) is 5.41 Å². The molecule has 0 aliphatic heterocycles. The van der Waals surface area contributed by atoms with Crippen molar-refractivity contribution in [1.29, 1.82) is 0 Å². The van der Waals surface area contributed by atoms with Crippen LogP contribution in [0.2, 0.25) is 0 Å². The summed E-state index contributed by atoms with van der Waals surface area (Å²) in [6.07, 6.45) is 3.50. The Morgan fingerprint density at radius 3 is 2.19 bits per heavy atom. The van der Waals surface area contributed by atoms with Crippen molar-refractivity contribution in [3.05, 3.63) is 0 Å². The van der Waals surface area contributed by atoms with Crippen LogP contribution in [0.15, 0.2) is 0 Å². The number of carbonyl (C=O) groups excluding carboxylic acids is 1. The highest BCUT2D eigenvalue weighted by Crippen LogP contribution is 2.29. The van der Waals surface area contributed by atoms with Crippen LogP contribution >= 0.6 is 0 Å². The van der Waals surface area contributed by atoms with Crippen LogP contribution in [0, 0.1) is 17.3 Å². The van der Waals surface area contributed by atoms with Gasteiger partial charge in [0.1, 0.15) is 0 Å². The van der Waals surface area contributed by atoms with Gasteiger partial charge in [-0.2, -0.15) is 0 Å². The molecule has 0 aromatic rings. The van der Waals surface area contributed by atoms with Gasteiger partial charge in [0.25, 0.3) is 0 Å². The van der Waals surface area contributed by atoms with Gasteiger partial charge in [-0.1, -0.05) is 13.8 Å². The predicted octanol–water partition coefficient (Wildman–Crippen LogP) is 1.91. The third-order valence-corrected chi connectivity index (χ3v) is 3.64. The van der Waals surface area contributed by atoms with Gasteiger partial charge in [-0.25, -0.2) is 0 Å². The number of hydrogen-bond donors (Lipinski definition) is 2. The first-order valence-corrected chi connectivity index (χ1v) is 6.36. The summed E-state index contributed by atoms with van der Waals surface area (Å²) in [5.74, 6) is 1.53. The lowest BCUT2D eigenvalue weighted by atomic mass is 9.80. The van der Waals surface area contributed by atoms with E-state index in [2.05, 4.69) is 19.2 Å². The molecule has 0 radical (unpaired) electrons. The molecule has 0 aromatic heterocycles. The fraction of sp³-hybridized carbons (Fsp3) is 0.923. The second-order valence-electron chi connectivity index (χ2n) is 6.18. The predicted molar refractivity (Wildman–Crippen MR) is 66.9 cm³/mol. The summed E-state index contributed by atoms with van der Waals surface area (Å²) in [4.78, 5) is 12.0. The first-order chi connectivity index (χ1) is 7.35. The molecule has 1 amide bonds. The number of hydrogen-bond acceptors (Lipinski definition) is 2. The fourth-order valence-electron chi connectivity index (χ4n) is 2.54. The summed E-state index contributed by atoms with van der Waals surface area (Å²) in [7, 11) is 0. The van der Waals surface area contributed by atoms with Crippen LogP contribution in [0.5, 0.6) is 0 Å². The molecule has 3 N–H and O–H groups in total. The largest absolute Gasteiger partial charge is 0.353 e. The molecule has 0 heterocycles. The Hall–Kier alpha value is -0.570. The van der Waals surface area contributed by atoms with E-state index < -0.39 is 5.41 Å². The van der Waals surface area contributed by atoms with Crippen LogP contribution in [-0.4, -0.2) is 18.5 Å². The van der Waals surface area contributed by atoms with Crippen molar-refractivity contribution in [2.45, 2.75) is 53.0 Å². The monoisotopic (exact) mass is 226 g/mol. The van der Waals surface area contributed by atoms with Crippen molar-refractivity contribution in [3.63, 3.8) is 0 Å². The van der Waals surface area contributed by atoms with E-state index in [4.69, 9.17) is 5.73 Å². The minimum absolute atomic E-state index is 0.0984. The van der Waals surface area contributed by atoms with Crippen molar-refractivity contribution in [1.82, 2.24) is 5.32 Å². The lowest BCUT2D eigenvalue weighted by Gasteiger charge is -2.34. The summed E-state index contributed by atoms with van der Waals surface area (Å²) in [6.45, 7) is 8.73. The lowest BCUT2D eigenvalue weighted by molar-refractivity contribution is -0.130. The standard InChI is InChI=1S/C13H26N2O/c1-9-5-10(2)7-11(6-9)15-12(16)13(3,4)8-14/h9-11H,5-8,14H2,1-4H3,(H,15,16). The molecule has 1 rings (SSSR count). The van der Waals surface area contributed by atoms with Gasteiger partial charge in [0.15, 0.2) is 0 Å². The van der Waals surface area contributed by atoms with Gasteiger partial charge in [0.2, 0.25) is 5.91 Å². The van der Waals surface area contributed by atoms with Crippen LogP contribution in [0.1, 0.15) is 47.0 Å². The third kappa shape index (κ3) is 3.48. The molecule has 1 fully saturated rings. The summed E-state index contributed by atoms with van der Waals surface area (Å²) in [5, 5.41) is 3.15. The number of nitrogens with two attached hydrogens (primary N) is 1. The highest BCUT2D eigenvalue weighted by molar-refractivity contribution is 5.82. The number of rotatable bonds is 3. The van der Waals surface area contributed by atoms with Gasteiger partial charge < -0.3 is 11.1 Å². The first kappa shape index (κ1) is 13.5. The van der Waals surface area contributed by atoms with Gasteiger partial charge >= 0.3 is 0 Å². The Balaban J connectivity index is 2.51. The van der Waals surface area contributed by atoms with Crippen molar-refractivity contribution in [2.75, 3.05) is 6.54 Å². The molecule has 1 aliphatic carbocycles. The second-order valence-corrected chi connectivity index (χ2v) is 6.18. The van der Waals surface area contributed by atoms with Crippen LogP contribution < -0.4 is 11.1 Å². The molecular formula is C13H26N2O. The Kier molecular flexibility index (Phi) is 4.36. The maximum atomic E-state index is 12.0. The zero-order valence-electron chi connectivity index (χ0n) is 11.0. The van der Waals surface area contributed by atoms with E-state index in [-0.39, 0.29) is 5.91 Å². The summed E-state index contributed by atoms with van der Waals surface area (Å²) >= 11 is 0. The fourth-order valence-corrected chi connectivity index (χ4v) is 2.54. The zero-order chi connectivity index (χ0) is 12.3. The Morgan fingerprint density at radius 2 is 1.75 bits per heavy atom. The number of nitrogens with one attached hydrogen (secondary N) is 1. The maximum Gasteiger partial charge on any atom is 0.227 e. The molecule has 2 unspecified atom stereocenters. The molecule has 0 saturated heterocycles. The molecule has 2 atom stereocenters. The van der Waals surface area contributed by atoms with Gasteiger partial charge in [-0.15, -0.1) is 0 Å². The Labute approximate surface area is 99.2 Å². The molecular weight excluding hydrogens is 200 g/mol. The van der Waals surface area contributed by atoms with Crippen molar-refractivity contribution in [3.8, 4) is 0 Å². The topological polar surface area (TPSA) is 55.1 Å². The molecule has 3 heteroatoms. The van der Waals surface area contributed by atoms with E-state index in [0.717, 1.165) is 24.7 Å². The molecule has 1 aliphatic rings. The highest BCUT2D eigenvalue weighted by atomic mass is 16.2. The molecule has 16 heavy (non-hydrogen) atoms. The first-order valence-electron chi connectivity index (χ1n) is 6.36. The van der Waals surface area contributed by atoms with Crippen LogP contribution in [-0.2, 0) is 4.79 Å². The van der Waals surface area contributed by atoms with Gasteiger partial charge in [-0.05, 0) is 44.9 Å². The van der Waals surface area contributed by atoms with Crippen LogP contribution in [0.4, 0.5) is 0 Å². The molecule has 0 aromatic carbocycles. The molecule has 0 bridgehead atoms. The van der Waals surface area contributed by atoms with Crippen molar-refractivity contribution in [2.24, 2.45) is 23.0 Å². The van der Waals surface area contributed by atoms with E-state index in [1.165, 1.54) is 6.42 Å². The van der Waals surface area contributed by atoms with E-state index in [1.807, 2.05) is 13.8 Å². The second kappa shape index (κ2) is 5.17. The minimum Gasteiger partial charge on any atom is -0.353 e. The summed E-state index contributed by atoms with van der Waals surface area (Å²) < 4.78 is 0. The molecule has 0 spiro atoms. The quantitative estimate of drug-likeness (QED) is 0.772. The highest BCUT2D eigenvalue weighted by Gasteiger charge is 2.30. The third-order valence-electron chi connectivity index (χ3n) is 3.64. The smallest absolute Gasteiger partial charge is 0.227 e. The Bertz CT molecular complexity index is 240. The molecule has 3 nitrogen and oxygen atoms in total. The molecule has 94 valence electrons. The van der Waals surface area contributed by atoms with Gasteiger partial charge in [0, 0.05) is 12.6 Å². The number of amides is 1. The number of carbonyl (C=O) groups is 1. The van der Waals surface area contributed by atoms with Crippen molar-refractivity contribution < 1.29 is 4.79 Å². The van der Waals surface area contributed by atoms with E-state index in [0.29, 0.717) is 12.6 Å². The van der Waals surface area contributed by atoms with Crippen LogP contribution in [0.25, 0.3) is 0 Å². The summed E-state index contributed by atoms with van der Waals surface area (Å²) in [5.41, 5.74) is 5.17.